The number of nitrogens with zero attached hydrogens (tertiary/aromatic N) is 1. The highest BCUT2D eigenvalue weighted by atomic mass is 15.2. The number of benzene rings is 1. The molecule has 0 radical (unpaired) electrons. The fourth-order valence-electron chi connectivity index (χ4n) is 4.73. The van der Waals surface area contributed by atoms with Crippen LogP contribution in [0.4, 0.5) is 0 Å². The Morgan fingerprint density at radius 3 is 2.76 bits per heavy atom. The Bertz CT molecular complexity index is 494. The molecular formula is C19H28N2. The maximum Gasteiger partial charge on any atom is 0.0473 e. The first-order chi connectivity index (χ1) is 10.4. The van der Waals surface area contributed by atoms with Gasteiger partial charge < -0.3 is 5.73 Å². The Kier molecular flexibility index (Phi) is 3.76. The van der Waals surface area contributed by atoms with Crippen LogP contribution in [0.3, 0.4) is 0 Å². The minimum Gasteiger partial charge on any atom is -0.329 e. The molecule has 2 N–H and O–H groups in total. The molecule has 3 fully saturated rings. The standard InChI is InChI=1S/C19H28N2/c20-13-19(17-6-3-5-16(12-17)14-8-9-14)21-11-10-15-4-1-2-7-18(15)21/h3,5-6,12,14-15,18-19H,1-2,4,7-11,13,20H2. The van der Waals surface area contributed by atoms with Gasteiger partial charge >= 0.3 is 0 Å². The fraction of sp³-hybridized carbons (Fsp3) is 0.684. The second-order valence-electron chi connectivity index (χ2n) is 7.33. The largest absolute Gasteiger partial charge is 0.329 e. The van der Waals surface area contributed by atoms with Gasteiger partial charge in [0.25, 0.3) is 0 Å². The van der Waals surface area contributed by atoms with E-state index in [9.17, 15) is 0 Å². The summed E-state index contributed by atoms with van der Waals surface area (Å²) in [4.78, 5) is 2.75. The molecule has 21 heavy (non-hydrogen) atoms. The molecule has 2 nitrogen and oxygen atoms in total. The molecule has 1 heterocycles. The minimum absolute atomic E-state index is 0.441. The molecular weight excluding hydrogens is 256 g/mol. The fourth-order valence-corrected chi connectivity index (χ4v) is 4.73. The van der Waals surface area contributed by atoms with Crippen LogP contribution >= 0.6 is 0 Å². The van der Waals surface area contributed by atoms with Crippen molar-refractivity contribution in [1.29, 1.82) is 0 Å². The van der Waals surface area contributed by atoms with Gasteiger partial charge in [-0.2, -0.15) is 0 Å². The van der Waals surface area contributed by atoms with Crippen molar-refractivity contribution in [3.63, 3.8) is 0 Å². The Labute approximate surface area is 128 Å². The summed E-state index contributed by atoms with van der Waals surface area (Å²) < 4.78 is 0. The third-order valence-electron chi connectivity index (χ3n) is 6.02. The van der Waals surface area contributed by atoms with Crippen molar-refractivity contribution in [1.82, 2.24) is 4.90 Å². The van der Waals surface area contributed by atoms with E-state index in [2.05, 4.69) is 29.2 Å². The summed E-state index contributed by atoms with van der Waals surface area (Å²) >= 11 is 0. The highest BCUT2D eigenvalue weighted by Gasteiger charge is 2.39. The summed E-state index contributed by atoms with van der Waals surface area (Å²) in [7, 11) is 0. The molecule has 1 aliphatic heterocycles. The number of likely N-dealkylation sites (tertiary alicyclic amines) is 1. The van der Waals surface area contributed by atoms with Gasteiger partial charge in [-0.1, -0.05) is 37.1 Å². The van der Waals surface area contributed by atoms with Crippen LogP contribution < -0.4 is 5.73 Å². The molecule has 0 spiro atoms. The van der Waals surface area contributed by atoms with E-state index in [4.69, 9.17) is 5.73 Å². The molecule has 114 valence electrons. The second-order valence-corrected chi connectivity index (χ2v) is 7.33. The predicted molar refractivity (Wildman–Crippen MR) is 87.3 cm³/mol. The average molecular weight is 284 g/mol. The van der Waals surface area contributed by atoms with Crippen molar-refractivity contribution < 1.29 is 0 Å². The SMILES string of the molecule is NCC(c1cccc(C2CC2)c1)N1CCC2CCCCC21. The van der Waals surface area contributed by atoms with Crippen LogP contribution in [0.5, 0.6) is 0 Å². The van der Waals surface area contributed by atoms with E-state index in [1.807, 2.05) is 0 Å². The Balaban J connectivity index is 1.57. The Hall–Kier alpha value is -0.860. The van der Waals surface area contributed by atoms with E-state index < -0.39 is 0 Å². The van der Waals surface area contributed by atoms with Gasteiger partial charge in [-0.3, -0.25) is 4.90 Å². The molecule has 1 saturated heterocycles. The van der Waals surface area contributed by atoms with E-state index in [-0.39, 0.29) is 0 Å². The number of hydrogen-bond acceptors (Lipinski definition) is 2. The second kappa shape index (κ2) is 5.73. The molecule has 1 aromatic carbocycles. The molecule has 0 aromatic heterocycles. The molecule has 3 unspecified atom stereocenters. The lowest BCUT2D eigenvalue weighted by Gasteiger charge is -2.37. The third-order valence-corrected chi connectivity index (χ3v) is 6.02. The first-order valence-corrected chi connectivity index (χ1v) is 8.92. The van der Waals surface area contributed by atoms with E-state index in [0.717, 1.165) is 24.4 Å². The molecule has 2 aliphatic carbocycles. The average Bonchev–Trinajstić information content (AvgIpc) is 3.30. The predicted octanol–water partition coefficient (Wildman–Crippen LogP) is 3.83. The maximum absolute atomic E-state index is 6.21. The van der Waals surface area contributed by atoms with Crippen molar-refractivity contribution in [2.24, 2.45) is 11.7 Å². The zero-order valence-electron chi connectivity index (χ0n) is 13.0. The zero-order chi connectivity index (χ0) is 14.2. The van der Waals surface area contributed by atoms with Crippen LogP contribution in [-0.2, 0) is 0 Å². The summed E-state index contributed by atoms with van der Waals surface area (Å²) in [6.07, 6.45) is 9.85. The highest BCUT2D eigenvalue weighted by Crippen LogP contribution is 2.43. The molecule has 0 bridgehead atoms. The minimum atomic E-state index is 0.441. The molecule has 2 saturated carbocycles. The zero-order valence-corrected chi connectivity index (χ0v) is 13.0. The first-order valence-electron chi connectivity index (χ1n) is 8.92. The lowest BCUT2D eigenvalue weighted by Crippen LogP contribution is -2.40. The molecule has 1 aromatic rings. The maximum atomic E-state index is 6.21. The summed E-state index contributed by atoms with van der Waals surface area (Å²) in [5.74, 6) is 1.78. The number of nitrogens with two attached hydrogens (primary N) is 1. The monoisotopic (exact) mass is 284 g/mol. The molecule has 2 heteroatoms. The van der Waals surface area contributed by atoms with Crippen LogP contribution in [-0.4, -0.2) is 24.0 Å². The van der Waals surface area contributed by atoms with Gasteiger partial charge in [0.15, 0.2) is 0 Å². The van der Waals surface area contributed by atoms with Gasteiger partial charge in [-0.05, 0) is 61.6 Å². The van der Waals surface area contributed by atoms with E-state index in [1.54, 1.807) is 5.56 Å². The van der Waals surface area contributed by atoms with Crippen LogP contribution in [0.25, 0.3) is 0 Å². The van der Waals surface area contributed by atoms with Crippen molar-refractivity contribution >= 4 is 0 Å². The topological polar surface area (TPSA) is 29.3 Å². The molecule has 4 rings (SSSR count). The summed E-state index contributed by atoms with van der Waals surface area (Å²) in [5, 5.41) is 0. The van der Waals surface area contributed by atoms with Crippen LogP contribution in [0.2, 0.25) is 0 Å². The van der Waals surface area contributed by atoms with Gasteiger partial charge in [0.1, 0.15) is 0 Å². The first kappa shape index (κ1) is 13.8. The van der Waals surface area contributed by atoms with Gasteiger partial charge in [0.2, 0.25) is 0 Å². The van der Waals surface area contributed by atoms with Crippen molar-refractivity contribution in [2.45, 2.75) is 62.9 Å². The van der Waals surface area contributed by atoms with Crippen molar-refractivity contribution in [3.8, 4) is 0 Å². The number of hydrogen-bond donors (Lipinski definition) is 1. The van der Waals surface area contributed by atoms with Gasteiger partial charge in [0, 0.05) is 18.6 Å². The number of rotatable bonds is 4. The highest BCUT2D eigenvalue weighted by molar-refractivity contribution is 5.31. The van der Waals surface area contributed by atoms with Crippen LogP contribution in [0.15, 0.2) is 24.3 Å². The Morgan fingerprint density at radius 1 is 1.10 bits per heavy atom. The van der Waals surface area contributed by atoms with Crippen LogP contribution in [0.1, 0.15) is 68.0 Å². The number of fused-ring (bicyclic) bond motifs is 1. The Morgan fingerprint density at radius 2 is 1.95 bits per heavy atom. The molecule has 3 aliphatic rings. The summed E-state index contributed by atoms with van der Waals surface area (Å²) in [6.45, 7) is 2.02. The van der Waals surface area contributed by atoms with E-state index in [1.165, 1.54) is 57.1 Å². The van der Waals surface area contributed by atoms with E-state index in [0.29, 0.717) is 6.04 Å². The summed E-state index contributed by atoms with van der Waals surface area (Å²) in [6, 6.07) is 10.6. The van der Waals surface area contributed by atoms with Gasteiger partial charge in [-0.15, -0.1) is 0 Å². The molecule has 0 amide bonds. The van der Waals surface area contributed by atoms with Gasteiger partial charge in [-0.25, -0.2) is 0 Å². The van der Waals surface area contributed by atoms with Gasteiger partial charge in [0.05, 0.1) is 0 Å². The normalized spacial score (nSPS) is 31.1. The summed E-state index contributed by atoms with van der Waals surface area (Å²) in [5.41, 5.74) is 9.22. The smallest absolute Gasteiger partial charge is 0.0473 e. The van der Waals surface area contributed by atoms with E-state index >= 15 is 0 Å². The van der Waals surface area contributed by atoms with Crippen molar-refractivity contribution in [3.05, 3.63) is 35.4 Å². The lowest BCUT2D eigenvalue weighted by atomic mass is 9.84. The third kappa shape index (κ3) is 2.64. The quantitative estimate of drug-likeness (QED) is 0.910. The van der Waals surface area contributed by atoms with Crippen LogP contribution in [0, 0.1) is 5.92 Å². The lowest BCUT2D eigenvalue weighted by molar-refractivity contribution is 0.135. The van der Waals surface area contributed by atoms with Crippen molar-refractivity contribution in [2.75, 3.05) is 13.1 Å². The molecule has 3 atom stereocenters.